The Kier molecular flexibility index (Phi) is 9.14. The molecule has 0 amide bonds. The average molecular weight is 493 g/mol. The molecule has 0 saturated carbocycles. The van der Waals surface area contributed by atoms with Crippen molar-refractivity contribution < 1.29 is 39.1 Å². The van der Waals surface area contributed by atoms with Crippen LogP contribution in [0.3, 0.4) is 0 Å². The Morgan fingerprint density at radius 1 is 1.21 bits per heavy atom. The largest absolute Gasteiger partial charge is 0.486 e. The summed E-state index contributed by atoms with van der Waals surface area (Å²) in [7, 11) is 0. The first kappa shape index (κ1) is 26.2. The molecule has 4 atom stereocenters. The summed E-state index contributed by atoms with van der Waals surface area (Å²) >= 11 is 6.38. The van der Waals surface area contributed by atoms with Crippen molar-refractivity contribution in [1.29, 1.82) is 0 Å². The van der Waals surface area contributed by atoms with E-state index in [4.69, 9.17) is 30.5 Å². The summed E-state index contributed by atoms with van der Waals surface area (Å²) < 4.78 is 21.8. The summed E-state index contributed by atoms with van der Waals surface area (Å²) in [6, 6.07) is 15.3. The number of rotatable bonds is 10. The van der Waals surface area contributed by atoms with E-state index in [1.807, 2.05) is 31.2 Å². The number of aliphatic hydroxyl groups excluding tert-OH is 3. The molecule has 4 unspecified atom stereocenters. The molecule has 2 aromatic rings. The Labute approximate surface area is 204 Å². The van der Waals surface area contributed by atoms with Crippen LogP contribution in [0.15, 0.2) is 30.3 Å². The van der Waals surface area contributed by atoms with Gasteiger partial charge in [0.05, 0.1) is 26.4 Å². The van der Waals surface area contributed by atoms with E-state index in [9.17, 15) is 20.1 Å². The first-order valence-electron chi connectivity index (χ1n) is 11.0. The summed E-state index contributed by atoms with van der Waals surface area (Å²) in [5, 5.41) is 31.0. The van der Waals surface area contributed by atoms with Gasteiger partial charge in [-0.15, -0.1) is 0 Å². The van der Waals surface area contributed by atoms with Crippen LogP contribution in [0.2, 0.25) is 5.02 Å². The van der Waals surface area contributed by atoms with Crippen molar-refractivity contribution >= 4 is 17.6 Å². The van der Waals surface area contributed by atoms with Crippen LogP contribution < -0.4 is 4.74 Å². The van der Waals surface area contributed by atoms with E-state index in [2.05, 4.69) is 12.1 Å². The molecule has 0 aromatic heterocycles. The first-order chi connectivity index (χ1) is 16.2. The number of carbonyl (C=O) groups excluding carboxylic acids is 1. The molecule has 1 saturated heterocycles. The summed E-state index contributed by atoms with van der Waals surface area (Å²) in [6.07, 6.45) is -3.69. The molecule has 9 heteroatoms. The lowest BCUT2D eigenvalue weighted by atomic mass is 9.88. The van der Waals surface area contributed by atoms with Gasteiger partial charge >= 0.3 is 5.97 Å². The topological polar surface area (TPSA) is 115 Å². The van der Waals surface area contributed by atoms with E-state index in [1.165, 1.54) is 6.92 Å². The van der Waals surface area contributed by atoms with E-state index in [1.54, 1.807) is 6.07 Å². The van der Waals surface area contributed by atoms with Crippen molar-refractivity contribution in [3.63, 3.8) is 0 Å². The summed E-state index contributed by atoms with van der Waals surface area (Å²) in [4.78, 5) is 11.3. The van der Waals surface area contributed by atoms with Crippen molar-refractivity contribution in [2.24, 2.45) is 0 Å². The Balaban J connectivity index is 1.66. The van der Waals surface area contributed by atoms with Crippen LogP contribution in [0.1, 0.15) is 30.5 Å². The van der Waals surface area contributed by atoms with Crippen LogP contribution in [0.4, 0.5) is 0 Å². The van der Waals surface area contributed by atoms with Crippen LogP contribution in [-0.4, -0.2) is 71.6 Å². The lowest BCUT2D eigenvalue weighted by Gasteiger charge is -2.44. The molecule has 8 nitrogen and oxygen atoms in total. The maximum absolute atomic E-state index is 11.3. The molecule has 0 spiro atoms. The molecule has 184 valence electrons. The summed E-state index contributed by atoms with van der Waals surface area (Å²) in [5.41, 5.74) is 1.09. The van der Waals surface area contributed by atoms with Gasteiger partial charge in [-0.1, -0.05) is 29.8 Å². The smallest absolute Gasteiger partial charge is 0.302 e. The molecule has 1 aliphatic heterocycles. The zero-order valence-corrected chi connectivity index (χ0v) is 19.9. The third-order valence-electron chi connectivity index (χ3n) is 5.51. The van der Waals surface area contributed by atoms with Crippen LogP contribution in [-0.2, 0) is 32.0 Å². The normalized spacial score (nSPS) is 24.4. The van der Waals surface area contributed by atoms with Crippen molar-refractivity contribution in [3.8, 4) is 5.75 Å². The number of aliphatic hydroxyl groups is 3. The van der Waals surface area contributed by atoms with Gasteiger partial charge in [-0.3, -0.25) is 4.79 Å². The van der Waals surface area contributed by atoms with Crippen LogP contribution in [0.5, 0.6) is 5.75 Å². The van der Waals surface area contributed by atoms with Crippen LogP contribution in [0.25, 0.3) is 0 Å². The summed E-state index contributed by atoms with van der Waals surface area (Å²) in [5.74, 6) is 0.0633. The number of carbonyl (C=O) groups is 1. The minimum atomic E-state index is -1.51. The monoisotopic (exact) mass is 492 g/mol. The molecule has 3 rings (SSSR count). The Hall–Kier alpha value is -2.38. The molecule has 1 aliphatic rings. The van der Waals surface area contributed by atoms with Crippen molar-refractivity contribution in [3.05, 3.63) is 64.2 Å². The van der Waals surface area contributed by atoms with Gasteiger partial charge in [0.15, 0.2) is 11.4 Å². The van der Waals surface area contributed by atoms with Gasteiger partial charge in [0.25, 0.3) is 0 Å². The molecule has 0 aliphatic carbocycles. The van der Waals surface area contributed by atoms with E-state index >= 15 is 0 Å². The quantitative estimate of drug-likeness (QED) is 0.431. The Morgan fingerprint density at radius 3 is 2.68 bits per heavy atom. The fourth-order valence-electron chi connectivity index (χ4n) is 3.62. The van der Waals surface area contributed by atoms with Gasteiger partial charge < -0.3 is 34.3 Å². The molecular formula is C25H29ClO8. The lowest BCUT2D eigenvalue weighted by Crippen LogP contribution is -2.65. The van der Waals surface area contributed by atoms with Crippen LogP contribution in [0, 0.1) is 12.1 Å². The van der Waals surface area contributed by atoms with Gasteiger partial charge in [0.2, 0.25) is 0 Å². The average Bonchev–Trinajstić information content (AvgIpc) is 2.82. The minimum absolute atomic E-state index is 0.153. The molecular weight excluding hydrogens is 464 g/mol. The standard InChI is InChI=1S/C25H29ClO8/c1-3-32-20-7-4-17(5-8-20)10-19-11-18(6-9-21(19)26)12-31-14-25(15-33-16(2)27)24(30)23(29)22(28)13-34-25/h4,6-7,9,11,22-24,28-30H,3,10,12-15H2,1-2H3. The SMILES string of the molecule is CCOc1c#cc(Cc2cc(COCC3(COC(C)=O)OCC(O)C(O)C3O)ccc2Cl)cc1. The van der Waals surface area contributed by atoms with Crippen molar-refractivity contribution in [2.45, 2.75) is 50.8 Å². The zero-order valence-electron chi connectivity index (χ0n) is 19.1. The highest BCUT2D eigenvalue weighted by atomic mass is 35.5. The second kappa shape index (κ2) is 11.8. The van der Waals surface area contributed by atoms with E-state index in [0.717, 1.165) is 16.7 Å². The molecule has 0 bridgehead atoms. The number of esters is 1. The van der Waals surface area contributed by atoms with Crippen molar-refractivity contribution in [1.82, 2.24) is 0 Å². The van der Waals surface area contributed by atoms with Gasteiger partial charge in [0.1, 0.15) is 24.9 Å². The Morgan fingerprint density at radius 2 is 2.00 bits per heavy atom. The second-order valence-corrected chi connectivity index (χ2v) is 8.57. The van der Waals surface area contributed by atoms with E-state index < -0.39 is 29.9 Å². The molecule has 1 heterocycles. The van der Waals surface area contributed by atoms with E-state index in [-0.39, 0.29) is 26.4 Å². The molecule has 0 radical (unpaired) electrons. The predicted molar refractivity (Wildman–Crippen MR) is 123 cm³/mol. The first-order valence-corrected chi connectivity index (χ1v) is 11.3. The summed E-state index contributed by atoms with van der Waals surface area (Å²) in [6.45, 7) is 3.10. The highest BCUT2D eigenvalue weighted by Gasteiger charge is 2.50. The molecule has 2 aromatic carbocycles. The van der Waals surface area contributed by atoms with Crippen molar-refractivity contribution in [2.75, 3.05) is 26.4 Å². The number of halogens is 1. The minimum Gasteiger partial charge on any atom is -0.486 e. The van der Waals surface area contributed by atoms with Crippen LogP contribution >= 0.6 is 11.6 Å². The fraction of sp³-hybridized carbons (Fsp3) is 0.480. The number of hydrogen-bond donors (Lipinski definition) is 3. The molecule has 1 fully saturated rings. The predicted octanol–water partition coefficient (Wildman–Crippen LogP) is 1.86. The fourth-order valence-corrected chi connectivity index (χ4v) is 3.81. The molecule has 3 N–H and O–H groups in total. The highest BCUT2D eigenvalue weighted by molar-refractivity contribution is 6.31. The maximum atomic E-state index is 11.3. The van der Waals surface area contributed by atoms with E-state index in [0.29, 0.717) is 23.8 Å². The van der Waals surface area contributed by atoms with Gasteiger partial charge in [-0.05, 0) is 42.3 Å². The third kappa shape index (κ3) is 6.60. The van der Waals surface area contributed by atoms with Gasteiger partial charge in [-0.25, -0.2) is 0 Å². The number of benzene rings is 1. The Bertz CT molecular complexity index is 950. The van der Waals surface area contributed by atoms with Gasteiger partial charge in [0, 0.05) is 23.9 Å². The highest BCUT2D eigenvalue weighted by Crippen LogP contribution is 2.28. The number of ether oxygens (including phenoxy) is 4. The lowest BCUT2D eigenvalue weighted by molar-refractivity contribution is -0.264. The van der Waals surface area contributed by atoms with Gasteiger partial charge in [-0.2, -0.15) is 0 Å². The number of hydrogen-bond acceptors (Lipinski definition) is 8. The second-order valence-electron chi connectivity index (χ2n) is 8.16. The molecule has 34 heavy (non-hydrogen) atoms. The third-order valence-corrected chi connectivity index (χ3v) is 5.87. The maximum Gasteiger partial charge on any atom is 0.302 e. The zero-order chi connectivity index (χ0) is 24.7.